The van der Waals surface area contributed by atoms with Crippen LogP contribution >= 0.6 is 0 Å². The molecule has 0 bridgehead atoms. The number of nitrogens with zero attached hydrogens (tertiary/aromatic N) is 1. The summed E-state index contributed by atoms with van der Waals surface area (Å²) in [4.78, 5) is -0.190. The lowest BCUT2D eigenvalue weighted by Crippen LogP contribution is -2.24. The zero-order chi connectivity index (χ0) is 17.4. The van der Waals surface area contributed by atoms with E-state index < -0.39 is 34.1 Å². The second-order valence-electron chi connectivity index (χ2n) is 4.82. The van der Waals surface area contributed by atoms with Crippen molar-refractivity contribution in [1.82, 2.24) is 9.88 Å². The predicted molar refractivity (Wildman–Crippen MR) is 71.4 cm³/mol. The van der Waals surface area contributed by atoms with Gasteiger partial charge in [0.05, 0.1) is 5.56 Å². The molecule has 10 heteroatoms. The molecule has 1 N–H and O–H groups in total. The number of rotatable bonds is 4. The fraction of sp³-hybridized carbons (Fsp3) is 0.308. The summed E-state index contributed by atoms with van der Waals surface area (Å²) in [5, 5.41) is 3.50. The van der Waals surface area contributed by atoms with Gasteiger partial charge in [0, 0.05) is 6.54 Å². The van der Waals surface area contributed by atoms with Crippen LogP contribution in [0.15, 0.2) is 27.6 Å². The maximum absolute atomic E-state index is 13.3. The molecule has 23 heavy (non-hydrogen) atoms. The Labute approximate surface area is 129 Å². The molecule has 0 spiro atoms. The standard InChI is InChI=1S/C13H12F4N2O3S/c1-7-12(8(2)22-19-7)23(20,21)18-6-9-3-10(13(15,16)17)5-11(14)4-9/h3-5,18H,6H2,1-2H3. The molecule has 5 nitrogen and oxygen atoms in total. The summed E-state index contributed by atoms with van der Waals surface area (Å²) >= 11 is 0. The van der Waals surface area contributed by atoms with Crippen molar-refractivity contribution < 1.29 is 30.5 Å². The average molecular weight is 352 g/mol. The van der Waals surface area contributed by atoms with Crippen molar-refractivity contribution in [3.8, 4) is 0 Å². The normalized spacial score (nSPS) is 12.6. The van der Waals surface area contributed by atoms with E-state index in [0.29, 0.717) is 12.1 Å². The smallest absolute Gasteiger partial charge is 0.360 e. The van der Waals surface area contributed by atoms with Gasteiger partial charge in [0.2, 0.25) is 10.0 Å². The predicted octanol–water partition coefficient (Wildman–Crippen LogP) is 2.93. The van der Waals surface area contributed by atoms with E-state index in [-0.39, 0.29) is 21.9 Å². The van der Waals surface area contributed by atoms with Crippen LogP contribution in [0.4, 0.5) is 17.6 Å². The van der Waals surface area contributed by atoms with Crippen molar-refractivity contribution in [2.45, 2.75) is 31.5 Å². The Hall–Kier alpha value is -1.94. The SMILES string of the molecule is Cc1noc(C)c1S(=O)(=O)NCc1cc(F)cc(C(F)(F)F)c1. The second kappa shape index (κ2) is 5.93. The molecule has 0 saturated carbocycles. The number of aromatic nitrogens is 1. The van der Waals surface area contributed by atoms with Crippen LogP contribution in [0, 0.1) is 19.7 Å². The van der Waals surface area contributed by atoms with E-state index >= 15 is 0 Å². The minimum absolute atomic E-state index is 0.0465. The Morgan fingerprint density at radius 2 is 1.87 bits per heavy atom. The third kappa shape index (κ3) is 3.88. The molecule has 2 aromatic rings. The molecular formula is C13H12F4N2O3S. The molecule has 126 valence electrons. The van der Waals surface area contributed by atoms with Gasteiger partial charge in [-0.2, -0.15) is 13.2 Å². The van der Waals surface area contributed by atoms with E-state index in [1.807, 2.05) is 0 Å². The van der Waals surface area contributed by atoms with E-state index in [4.69, 9.17) is 4.52 Å². The van der Waals surface area contributed by atoms with Crippen LogP contribution < -0.4 is 4.72 Å². The number of alkyl halides is 3. The van der Waals surface area contributed by atoms with Crippen LogP contribution in [0.5, 0.6) is 0 Å². The molecule has 1 heterocycles. The van der Waals surface area contributed by atoms with Crippen molar-refractivity contribution >= 4 is 10.0 Å². The number of nitrogens with one attached hydrogen (secondary N) is 1. The Bertz CT molecular complexity index is 809. The van der Waals surface area contributed by atoms with E-state index in [1.165, 1.54) is 13.8 Å². The van der Waals surface area contributed by atoms with Gasteiger partial charge in [-0.25, -0.2) is 17.5 Å². The van der Waals surface area contributed by atoms with Gasteiger partial charge < -0.3 is 4.52 Å². The van der Waals surface area contributed by atoms with Crippen molar-refractivity contribution in [1.29, 1.82) is 0 Å². The van der Waals surface area contributed by atoms with Gasteiger partial charge in [-0.3, -0.25) is 0 Å². The first-order valence-corrected chi connectivity index (χ1v) is 7.78. The summed E-state index contributed by atoms with van der Waals surface area (Å²) in [7, 11) is -4.05. The summed E-state index contributed by atoms with van der Waals surface area (Å²) in [6.45, 7) is 2.29. The number of benzene rings is 1. The summed E-state index contributed by atoms with van der Waals surface area (Å²) < 4.78 is 82.3. The van der Waals surface area contributed by atoms with Gasteiger partial charge in [0.1, 0.15) is 16.4 Å². The van der Waals surface area contributed by atoms with E-state index in [1.54, 1.807) is 0 Å². The minimum atomic E-state index is -4.72. The van der Waals surface area contributed by atoms with E-state index in [0.717, 1.165) is 6.07 Å². The lowest BCUT2D eigenvalue weighted by molar-refractivity contribution is -0.137. The molecule has 1 aromatic carbocycles. The van der Waals surface area contributed by atoms with Crippen molar-refractivity contribution in [2.24, 2.45) is 0 Å². The molecule has 0 aliphatic heterocycles. The number of hydrogen-bond acceptors (Lipinski definition) is 4. The van der Waals surface area contributed by atoms with Gasteiger partial charge in [-0.1, -0.05) is 5.16 Å². The number of halogens is 4. The van der Waals surface area contributed by atoms with Gasteiger partial charge >= 0.3 is 6.18 Å². The Kier molecular flexibility index (Phi) is 4.49. The molecule has 1 aromatic heterocycles. The molecule has 0 radical (unpaired) electrons. The third-order valence-electron chi connectivity index (χ3n) is 2.99. The van der Waals surface area contributed by atoms with Crippen LogP contribution in [-0.2, 0) is 22.7 Å². The largest absolute Gasteiger partial charge is 0.416 e. The summed E-state index contributed by atoms with van der Waals surface area (Å²) in [5.74, 6) is -1.06. The second-order valence-corrected chi connectivity index (χ2v) is 6.53. The first-order chi connectivity index (χ1) is 10.5. The fourth-order valence-electron chi connectivity index (χ4n) is 2.02. The monoisotopic (exact) mass is 352 g/mol. The maximum Gasteiger partial charge on any atom is 0.416 e. The van der Waals surface area contributed by atoms with Crippen LogP contribution in [0.2, 0.25) is 0 Å². The fourth-order valence-corrected chi connectivity index (χ4v) is 3.37. The number of hydrogen-bond donors (Lipinski definition) is 1. The molecule has 0 amide bonds. The van der Waals surface area contributed by atoms with Gasteiger partial charge in [-0.15, -0.1) is 0 Å². The highest BCUT2D eigenvalue weighted by Gasteiger charge is 2.31. The molecule has 0 aliphatic carbocycles. The summed E-state index contributed by atoms with van der Waals surface area (Å²) in [6, 6.07) is 1.84. The Morgan fingerprint density at radius 1 is 1.22 bits per heavy atom. The lowest BCUT2D eigenvalue weighted by atomic mass is 10.1. The number of sulfonamides is 1. The van der Waals surface area contributed by atoms with Crippen LogP contribution in [0.1, 0.15) is 22.6 Å². The average Bonchev–Trinajstić information content (AvgIpc) is 2.75. The highest BCUT2D eigenvalue weighted by Crippen LogP contribution is 2.30. The van der Waals surface area contributed by atoms with E-state index in [9.17, 15) is 26.0 Å². The quantitative estimate of drug-likeness (QED) is 0.859. The van der Waals surface area contributed by atoms with Crippen molar-refractivity contribution in [2.75, 3.05) is 0 Å². The van der Waals surface area contributed by atoms with Gasteiger partial charge in [-0.05, 0) is 37.6 Å². The lowest BCUT2D eigenvalue weighted by Gasteiger charge is -2.10. The molecule has 0 fully saturated rings. The topological polar surface area (TPSA) is 72.2 Å². The third-order valence-corrected chi connectivity index (χ3v) is 4.63. The van der Waals surface area contributed by atoms with Crippen LogP contribution in [-0.4, -0.2) is 13.6 Å². The van der Waals surface area contributed by atoms with Gasteiger partial charge in [0.25, 0.3) is 0 Å². The molecule has 0 aliphatic rings. The zero-order valence-electron chi connectivity index (χ0n) is 12.0. The minimum Gasteiger partial charge on any atom is -0.360 e. The molecule has 2 rings (SSSR count). The van der Waals surface area contributed by atoms with Crippen LogP contribution in [0.25, 0.3) is 0 Å². The summed E-state index contributed by atoms with van der Waals surface area (Å²) in [5.41, 5.74) is -1.23. The Balaban J connectivity index is 2.26. The maximum atomic E-state index is 13.3. The van der Waals surface area contributed by atoms with Crippen molar-refractivity contribution in [3.05, 3.63) is 46.6 Å². The summed E-state index contributed by atoms with van der Waals surface area (Å²) in [6.07, 6.45) is -4.72. The zero-order valence-corrected chi connectivity index (χ0v) is 12.8. The van der Waals surface area contributed by atoms with Crippen molar-refractivity contribution in [3.63, 3.8) is 0 Å². The molecule has 0 saturated heterocycles. The Morgan fingerprint density at radius 3 is 2.39 bits per heavy atom. The van der Waals surface area contributed by atoms with Crippen LogP contribution in [0.3, 0.4) is 0 Å². The molecular weight excluding hydrogens is 340 g/mol. The highest BCUT2D eigenvalue weighted by molar-refractivity contribution is 7.89. The first kappa shape index (κ1) is 17.4. The first-order valence-electron chi connectivity index (χ1n) is 6.30. The molecule has 0 atom stereocenters. The van der Waals surface area contributed by atoms with Gasteiger partial charge in [0.15, 0.2) is 5.76 Å². The number of aryl methyl sites for hydroxylation is 2. The highest BCUT2D eigenvalue weighted by atomic mass is 32.2. The van der Waals surface area contributed by atoms with E-state index in [2.05, 4.69) is 9.88 Å². The molecule has 0 unspecified atom stereocenters.